The van der Waals surface area contributed by atoms with Gasteiger partial charge in [-0.25, -0.2) is 0 Å². The molecule has 3 rings (SSSR count). The topological polar surface area (TPSA) is 82.5 Å². The quantitative estimate of drug-likeness (QED) is 0.452. The fourth-order valence-corrected chi connectivity index (χ4v) is 2.93. The third-order valence-corrected chi connectivity index (χ3v) is 3.89. The van der Waals surface area contributed by atoms with Crippen LogP contribution in [0.25, 0.3) is 0 Å². The Kier molecular flexibility index (Phi) is 2.76. The van der Waals surface area contributed by atoms with Crippen molar-refractivity contribution in [3.8, 4) is 0 Å². The van der Waals surface area contributed by atoms with E-state index in [0.29, 0.717) is 17.6 Å². The maximum atomic E-state index is 10.1. The van der Waals surface area contributed by atoms with Gasteiger partial charge in [0.2, 0.25) is 0 Å². The van der Waals surface area contributed by atoms with E-state index in [9.17, 15) is 15.3 Å². The number of rotatable bonds is 3. The smallest absolute Gasteiger partial charge is 0.117 e. The standard InChI is InChI=1S/C12H18O5/c1-2-3-6(13)10-7-5(4-16-10)8(14)11-12(17-11)9(7)15/h6,8-15H,2-4H2,1H3/t6?,8-,9-,10-,11+,12-/m1/s1. The SMILES string of the molecule is CCCC(O)[C@H]1OCC2=C1[C@@H](O)[C@H]1O[C@H]1[C@@H]2O. The number of aliphatic hydroxyl groups is 3. The van der Waals surface area contributed by atoms with Crippen molar-refractivity contribution in [3.05, 3.63) is 11.1 Å². The van der Waals surface area contributed by atoms with E-state index in [1.54, 1.807) is 0 Å². The number of fused-ring (bicyclic) bond motifs is 1. The fourth-order valence-electron chi connectivity index (χ4n) is 2.93. The van der Waals surface area contributed by atoms with E-state index >= 15 is 0 Å². The van der Waals surface area contributed by atoms with Crippen LogP contribution in [0.2, 0.25) is 0 Å². The van der Waals surface area contributed by atoms with E-state index in [4.69, 9.17) is 9.47 Å². The van der Waals surface area contributed by atoms with Gasteiger partial charge in [0.1, 0.15) is 30.5 Å². The van der Waals surface area contributed by atoms with E-state index in [0.717, 1.165) is 6.42 Å². The Balaban J connectivity index is 1.85. The molecule has 3 aliphatic rings. The number of ether oxygens (including phenoxy) is 2. The van der Waals surface area contributed by atoms with Gasteiger partial charge in [-0.05, 0) is 17.6 Å². The van der Waals surface area contributed by atoms with Crippen molar-refractivity contribution in [2.45, 2.75) is 56.4 Å². The van der Waals surface area contributed by atoms with Crippen molar-refractivity contribution >= 4 is 0 Å². The molecule has 6 atom stereocenters. The van der Waals surface area contributed by atoms with E-state index < -0.39 is 24.4 Å². The zero-order chi connectivity index (χ0) is 12.2. The lowest BCUT2D eigenvalue weighted by molar-refractivity contribution is -0.00843. The van der Waals surface area contributed by atoms with Crippen molar-refractivity contribution in [2.24, 2.45) is 0 Å². The van der Waals surface area contributed by atoms with Crippen LogP contribution in [0, 0.1) is 0 Å². The monoisotopic (exact) mass is 242 g/mol. The first-order valence-corrected chi connectivity index (χ1v) is 6.19. The predicted octanol–water partition coefficient (Wildman–Crippen LogP) is -0.654. The van der Waals surface area contributed by atoms with Gasteiger partial charge in [0.05, 0.1) is 12.7 Å². The molecule has 0 radical (unpaired) electrons. The van der Waals surface area contributed by atoms with Crippen molar-refractivity contribution in [2.75, 3.05) is 6.61 Å². The summed E-state index contributed by atoms with van der Waals surface area (Å²) < 4.78 is 10.8. The Morgan fingerprint density at radius 3 is 2.71 bits per heavy atom. The highest BCUT2D eigenvalue weighted by Gasteiger charge is 2.58. The van der Waals surface area contributed by atoms with Crippen LogP contribution in [0.5, 0.6) is 0 Å². The van der Waals surface area contributed by atoms with Gasteiger partial charge in [-0.3, -0.25) is 0 Å². The van der Waals surface area contributed by atoms with Gasteiger partial charge in [0.15, 0.2) is 0 Å². The van der Waals surface area contributed by atoms with Gasteiger partial charge < -0.3 is 24.8 Å². The molecule has 0 saturated carbocycles. The van der Waals surface area contributed by atoms with Gasteiger partial charge in [-0.1, -0.05) is 13.3 Å². The van der Waals surface area contributed by atoms with Gasteiger partial charge in [0, 0.05) is 0 Å². The van der Waals surface area contributed by atoms with Crippen LogP contribution < -0.4 is 0 Å². The van der Waals surface area contributed by atoms with Gasteiger partial charge in [-0.2, -0.15) is 0 Å². The third kappa shape index (κ3) is 1.65. The molecule has 5 nitrogen and oxygen atoms in total. The molecule has 1 fully saturated rings. The molecule has 96 valence electrons. The Morgan fingerprint density at radius 2 is 2.00 bits per heavy atom. The molecule has 1 unspecified atom stereocenters. The van der Waals surface area contributed by atoms with E-state index in [1.165, 1.54) is 0 Å². The molecular weight excluding hydrogens is 224 g/mol. The molecule has 17 heavy (non-hydrogen) atoms. The molecule has 0 aromatic carbocycles. The van der Waals surface area contributed by atoms with E-state index in [-0.39, 0.29) is 18.8 Å². The van der Waals surface area contributed by atoms with E-state index in [2.05, 4.69) is 0 Å². The molecule has 0 spiro atoms. The van der Waals surface area contributed by atoms with Crippen molar-refractivity contribution in [3.63, 3.8) is 0 Å². The lowest BCUT2D eigenvalue weighted by Crippen LogP contribution is -2.39. The largest absolute Gasteiger partial charge is 0.390 e. The summed E-state index contributed by atoms with van der Waals surface area (Å²) in [6.45, 7) is 2.27. The van der Waals surface area contributed by atoms with Crippen molar-refractivity contribution in [1.29, 1.82) is 0 Å². The van der Waals surface area contributed by atoms with Crippen LogP contribution in [0.1, 0.15) is 19.8 Å². The maximum Gasteiger partial charge on any atom is 0.117 e. The minimum absolute atomic E-state index is 0.283. The lowest BCUT2D eigenvalue weighted by Gasteiger charge is -2.26. The molecule has 0 bridgehead atoms. The molecule has 0 aromatic heterocycles. The first kappa shape index (κ1) is 11.6. The summed E-state index contributed by atoms with van der Waals surface area (Å²) >= 11 is 0. The van der Waals surface area contributed by atoms with Crippen LogP contribution in [0.15, 0.2) is 11.1 Å². The molecular formula is C12H18O5. The van der Waals surface area contributed by atoms with Crippen molar-refractivity contribution < 1.29 is 24.8 Å². The minimum atomic E-state index is -0.739. The van der Waals surface area contributed by atoms with Crippen LogP contribution >= 0.6 is 0 Å². The summed E-state index contributed by atoms with van der Waals surface area (Å²) in [5.41, 5.74) is 1.36. The fraction of sp³-hybridized carbons (Fsp3) is 0.833. The highest BCUT2D eigenvalue weighted by Crippen LogP contribution is 2.45. The van der Waals surface area contributed by atoms with Crippen LogP contribution in [-0.4, -0.2) is 58.6 Å². The molecule has 1 aliphatic carbocycles. The molecule has 2 heterocycles. The average molecular weight is 242 g/mol. The minimum Gasteiger partial charge on any atom is -0.390 e. The lowest BCUT2D eigenvalue weighted by atomic mass is 9.84. The summed E-state index contributed by atoms with van der Waals surface area (Å²) in [5, 5.41) is 30.1. The van der Waals surface area contributed by atoms with Crippen LogP contribution in [0.4, 0.5) is 0 Å². The highest BCUT2D eigenvalue weighted by atomic mass is 16.6. The summed E-state index contributed by atoms with van der Waals surface area (Å²) in [6.07, 6.45) is -1.65. The second-order valence-corrected chi connectivity index (χ2v) is 5.02. The van der Waals surface area contributed by atoms with Gasteiger partial charge >= 0.3 is 0 Å². The Bertz CT molecular complexity index is 353. The number of aliphatic hydroxyl groups excluding tert-OH is 3. The maximum absolute atomic E-state index is 10.1. The molecule has 1 saturated heterocycles. The molecule has 0 aromatic rings. The highest BCUT2D eigenvalue weighted by molar-refractivity contribution is 5.39. The zero-order valence-corrected chi connectivity index (χ0v) is 9.74. The van der Waals surface area contributed by atoms with Crippen LogP contribution in [0.3, 0.4) is 0 Å². The summed E-state index contributed by atoms with van der Waals surface area (Å²) in [5.74, 6) is 0. The summed E-state index contributed by atoms with van der Waals surface area (Å²) in [7, 11) is 0. The van der Waals surface area contributed by atoms with Gasteiger partial charge in [-0.15, -0.1) is 0 Å². The third-order valence-electron chi connectivity index (χ3n) is 3.89. The molecule has 0 amide bonds. The Labute approximate surface area is 99.7 Å². The zero-order valence-electron chi connectivity index (χ0n) is 9.74. The normalized spacial score (nSPS) is 45.5. The van der Waals surface area contributed by atoms with Gasteiger partial charge in [0.25, 0.3) is 0 Å². The summed E-state index contributed by atoms with van der Waals surface area (Å²) in [4.78, 5) is 0. The Morgan fingerprint density at radius 1 is 1.29 bits per heavy atom. The second kappa shape index (κ2) is 4.03. The number of hydrogen-bond donors (Lipinski definition) is 3. The molecule has 2 aliphatic heterocycles. The first-order chi connectivity index (χ1) is 8.15. The average Bonchev–Trinajstić information content (AvgIpc) is 2.98. The number of epoxide rings is 1. The predicted molar refractivity (Wildman–Crippen MR) is 58.4 cm³/mol. The number of hydrogen-bond acceptors (Lipinski definition) is 5. The van der Waals surface area contributed by atoms with E-state index in [1.807, 2.05) is 6.92 Å². The molecule has 3 N–H and O–H groups in total. The summed E-state index contributed by atoms with van der Waals surface area (Å²) in [6, 6.07) is 0. The molecule has 5 heteroatoms. The second-order valence-electron chi connectivity index (χ2n) is 5.02. The Hall–Kier alpha value is -0.460. The van der Waals surface area contributed by atoms with Crippen molar-refractivity contribution in [1.82, 2.24) is 0 Å². The first-order valence-electron chi connectivity index (χ1n) is 6.19. The van der Waals surface area contributed by atoms with Crippen LogP contribution in [-0.2, 0) is 9.47 Å².